The second-order valence-corrected chi connectivity index (χ2v) is 7.45. The van der Waals surface area contributed by atoms with Gasteiger partial charge in [0.2, 0.25) is 0 Å². The van der Waals surface area contributed by atoms with Crippen molar-refractivity contribution in [1.29, 1.82) is 0 Å². The van der Waals surface area contributed by atoms with Gasteiger partial charge in [0.25, 0.3) is 5.69 Å². The van der Waals surface area contributed by atoms with Crippen LogP contribution in [0.25, 0.3) is 5.69 Å². The average molecular weight is 419 g/mol. The number of rotatable bonds is 8. The summed E-state index contributed by atoms with van der Waals surface area (Å²) in [6.45, 7) is 3.40. The lowest BCUT2D eigenvalue weighted by Gasteiger charge is -2.12. The molecule has 0 spiro atoms. The van der Waals surface area contributed by atoms with Crippen molar-refractivity contribution in [2.24, 2.45) is 20.5 Å². The Balaban J connectivity index is 2.04. The fourth-order valence-corrected chi connectivity index (χ4v) is 3.24. The van der Waals surface area contributed by atoms with Crippen LogP contribution in [-0.2, 0) is 6.54 Å². The second kappa shape index (κ2) is 10.5. The van der Waals surface area contributed by atoms with Crippen LogP contribution in [0.2, 0.25) is 0 Å². The molecule has 3 aromatic rings. The highest BCUT2D eigenvalue weighted by molar-refractivity contribution is 5.52. The Bertz CT molecular complexity index is 1130. The fraction of sp³-hybridized carbons (Fsp3) is 0.304. The van der Waals surface area contributed by atoms with Crippen molar-refractivity contribution < 1.29 is 4.57 Å². The summed E-state index contributed by atoms with van der Waals surface area (Å²) in [5, 5.41) is 16.7. The van der Waals surface area contributed by atoms with E-state index in [2.05, 4.69) is 25.4 Å². The minimum atomic E-state index is -0.0447. The van der Waals surface area contributed by atoms with Crippen molar-refractivity contribution in [3.05, 3.63) is 77.0 Å². The molecule has 0 aliphatic carbocycles. The lowest BCUT2D eigenvalue weighted by atomic mass is 10.2. The summed E-state index contributed by atoms with van der Waals surface area (Å²) in [5.41, 5.74) is 3.34. The number of pyridine rings is 2. The first-order valence-corrected chi connectivity index (χ1v) is 10.2. The number of hydrogen-bond donors (Lipinski definition) is 0. The molecule has 0 radical (unpaired) electrons. The summed E-state index contributed by atoms with van der Waals surface area (Å²) in [6, 6.07) is 13.1. The zero-order chi connectivity index (χ0) is 22.2. The fourth-order valence-electron chi connectivity index (χ4n) is 3.24. The van der Waals surface area contributed by atoms with E-state index < -0.39 is 0 Å². The Morgan fingerprint density at radius 1 is 1.00 bits per heavy atom. The summed E-state index contributed by atoms with van der Waals surface area (Å²) < 4.78 is 3.56. The van der Waals surface area contributed by atoms with E-state index in [0.717, 1.165) is 18.5 Å². The van der Waals surface area contributed by atoms with Crippen molar-refractivity contribution in [1.82, 2.24) is 9.47 Å². The van der Waals surface area contributed by atoms with E-state index in [1.165, 1.54) is 0 Å². The first kappa shape index (κ1) is 22.2. The molecule has 2 heterocycles. The van der Waals surface area contributed by atoms with Crippen LogP contribution in [0.3, 0.4) is 0 Å². The smallest absolute Gasteiger partial charge is 0.309 e. The molecular formula is C23H28N7O+. The Labute approximate surface area is 182 Å². The van der Waals surface area contributed by atoms with Crippen molar-refractivity contribution in [3.8, 4) is 5.69 Å². The van der Waals surface area contributed by atoms with Gasteiger partial charge in [0.15, 0.2) is 12.4 Å². The Morgan fingerprint density at radius 2 is 1.71 bits per heavy atom. The molecular weight excluding hydrogens is 390 g/mol. The van der Waals surface area contributed by atoms with Crippen LogP contribution in [0, 0.1) is 6.92 Å². The van der Waals surface area contributed by atoms with E-state index in [-0.39, 0.29) is 5.56 Å². The molecule has 31 heavy (non-hydrogen) atoms. The molecule has 0 saturated carbocycles. The van der Waals surface area contributed by atoms with Crippen LogP contribution in [0.5, 0.6) is 0 Å². The van der Waals surface area contributed by atoms with E-state index >= 15 is 0 Å². The molecule has 8 nitrogen and oxygen atoms in total. The van der Waals surface area contributed by atoms with Gasteiger partial charge in [0.1, 0.15) is 5.69 Å². The molecule has 0 unspecified atom stereocenters. The molecule has 0 aliphatic heterocycles. The summed E-state index contributed by atoms with van der Waals surface area (Å²) in [7, 11) is 5.67. The molecule has 2 aromatic heterocycles. The molecule has 0 amide bonds. The Morgan fingerprint density at radius 3 is 2.39 bits per heavy atom. The van der Waals surface area contributed by atoms with Crippen molar-refractivity contribution >= 4 is 17.1 Å². The maximum absolute atomic E-state index is 13.2. The number of aryl methyl sites for hydroxylation is 1. The van der Waals surface area contributed by atoms with E-state index in [9.17, 15) is 4.79 Å². The number of benzene rings is 1. The maximum atomic E-state index is 13.2. The van der Waals surface area contributed by atoms with E-state index in [4.69, 9.17) is 0 Å². The monoisotopic (exact) mass is 418 g/mol. The van der Waals surface area contributed by atoms with Gasteiger partial charge in [-0.05, 0) is 52.2 Å². The van der Waals surface area contributed by atoms with Gasteiger partial charge in [-0.15, -0.1) is 5.11 Å². The zero-order valence-corrected chi connectivity index (χ0v) is 18.4. The van der Waals surface area contributed by atoms with Gasteiger partial charge < -0.3 is 9.47 Å². The molecule has 0 saturated heterocycles. The van der Waals surface area contributed by atoms with Crippen LogP contribution in [-0.4, -0.2) is 37.2 Å². The van der Waals surface area contributed by atoms with Gasteiger partial charge in [-0.2, -0.15) is 19.9 Å². The predicted octanol–water partition coefficient (Wildman–Crippen LogP) is 4.51. The molecule has 3 rings (SSSR count). The largest absolute Gasteiger partial charge is 0.323 e. The van der Waals surface area contributed by atoms with Gasteiger partial charge in [0, 0.05) is 31.9 Å². The second-order valence-electron chi connectivity index (χ2n) is 7.45. The lowest BCUT2D eigenvalue weighted by molar-refractivity contribution is -0.597. The number of aromatic nitrogens is 2. The molecule has 160 valence electrons. The van der Waals surface area contributed by atoms with Crippen LogP contribution in [0.1, 0.15) is 12.0 Å². The highest BCUT2D eigenvalue weighted by Crippen LogP contribution is 2.25. The highest BCUT2D eigenvalue weighted by Gasteiger charge is 2.21. The van der Waals surface area contributed by atoms with Crippen LogP contribution < -0.4 is 10.1 Å². The third-order valence-electron chi connectivity index (χ3n) is 4.78. The highest BCUT2D eigenvalue weighted by atomic mass is 16.1. The molecule has 0 aliphatic rings. The first-order valence-electron chi connectivity index (χ1n) is 10.2. The summed E-state index contributed by atoms with van der Waals surface area (Å²) >= 11 is 0. The summed E-state index contributed by atoms with van der Waals surface area (Å²) in [4.78, 5) is 15.3. The topological polar surface area (TPSA) is 78.6 Å². The molecule has 0 N–H and O–H groups in total. The number of nitrogens with zero attached hydrogens (tertiary/aromatic N) is 7. The summed E-state index contributed by atoms with van der Waals surface area (Å²) in [5.74, 6) is 0. The first-order chi connectivity index (χ1) is 15.0. The zero-order valence-electron chi connectivity index (χ0n) is 18.4. The van der Waals surface area contributed by atoms with Gasteiger partial charge in [-0.3, -0.25) is 4.79 Å². The van der Waals surface area contributed by atoms with E-state index in [1.54, 1.807) is 17.8 Å². The maximum Gasteiger partial charge on any atom is 0.323 e. The normalized spacial score (nSPS) is 11.8. The van der Waals surface area contributed by atoms with Gasteiger partial charge in [0.05, 0.1) is 16.9 Å². The lowest BCUT2D eigenvalue weighted by Crippen LogP contribution is -2.40. The Hall–Kier alpha value is -3.52. The van der Waals surface area contributed by atoms with Crippen molar-refractivity contribution in [2.45, 2.75) is 19.9 Å². The van der Waals surface area contributed by atoms with Crippen LogP contribution >= 0.6 is 0 Å². The molecule has 1 aromatic carbocycles. The van der Waals surface area contributed by atoms with Crippen molar-refractivity contribution in [3.63, 3.8) is 0 Å². The molecule has 0 fully saturated rings. The van der Waals surface area contributed by atoms with Gasteiger partial charge >= 0.3 is 5.56 Å². The molecule has 0 bridgehead atoms. The predicted molar refractivity (Wildman–Crippen MR) is 121 cm³/mol. The average Bonchev–Trinajstić information content (AvgIpc) is 2.76. The SMILES string of the molecule is CN=Nc1cccc(N=Nc2cn(CCCN(C)C)c(=O)c(-[n+]3ccccc3)c2C)c1. The minimum Gasteiger partial charge on any atom is -0.309 e. The standard InChI is InChI=1S/C23H28N7O/c1-18-21(27-26-20-11-8-10-19(16-20)25-24-2)17-30(15-9-12-28(3)4)23(31)22(18)29-13-6-5-7-14-29/h5-8,10-11,13-14,16-17H,9,12,15H2,1-4H3/q+1. The minimum absolute atomic E-state index is 0.0447. The van der Waals surface area contributed by atoms with Gasteiger partial charge in [-0.1, -0.05) is 12.1 Å². The third kappa shape index (κ3) is 5.76. The van der Waals surface area contributed by atoms with E-state index in [0.29, 0.717) is 29.3 Å². The summed E-state index contributed by atoms with van der Waals surface area (Å²) in [6.07, 6.45) is 6.39. The van der Waals surface area contributed by atoms with Crippen LogP contribution in [0.15, 0.2) is 86.3 Å². The molecule has 0 atom stereocenters. The number of azo groups is 2. The number of hydrogen-bond acceptors (Lipinski definition) is 6. The molecule has 8 heteroatoms. The van der Waals surface area contributed by atoms with Crippen LogP contribution in [0.4, 0.5) is 17.1 Å². The quantitative estimate of drug-likeness (QED) is 0.398. The third-order valence-corrected chi connectivity index (χ3v) is 4.78. The van der Waals surface area contributed by atoms with Crippen molar-refractivity contribution in [2.75, 3.05) is 27.7 Å². The van der Waals surface area contributed by atoms with Gasteiger partial charge in [-0.25, -0.2) is 0 Å². The van der Waals surface area contributed by atoms with E-state index in [1.807, 2.05) is 80.4 Å². The Kier molecular flexibility index (Phi) is 7.50.